The average molecular weight is 321 g/mol. The van der Waals surface area contributed by atoms with Crippen molar-refractivity contribution in [3.63, 3.8) is 0 Å². The topological polar surface area (TPSA) is 48.4 Å². The van der Waals surface area contributed by atoms with Gasteiger partial charge in [0.1, 0.15) is 5.75 Å². The second kappa shape index (κ2) is 5.61. The first-order chi connectivity index (χ1) is 10.1. The van der Waals surface area contributed by atoms with Crippen molar-refractivity contribution >= 4 is 48.9 Å². The number of ether oxygens (including phenoxy) is 2. The third-order valence-corrected chi connectivity index (χ3v) is 4.93. The van der Waals surface area contributed by atoms with Crippen LogP contribution in [0.15, 0.2) is 17.5 Å². The summed E-state index contributed by atoms with van der Waals surface area (Å²) in [7, 11) is 0. The van der Waals surface area contributed by atoms with Crippen LogP contribution < -0.4 is 4.74 Å². The highest BCUT2D eigenvalue weighted by atomic mass is 32.1. The number of hydrogen-bond acceptors (Lipinski definition) is 6. The van der Waals surface area contributed by atoms with Crippen molar-refractivity contribution in [2.24, 2.45) is 0 Å². The van der Waals surface area contributed by atoms with Gasteiger partial charge in [0.15, 0.2) is 6.10 Å². The Balaban J connectivity index is 2.04. The van der Waals surface area contributed by atoms with Crippen LogP contribution in [-0.4, -0.2) is 23.7 Å². The van der Waals surface area contributed by atoms with Gasteiger partial charge < -0.3 is 9.47 Å². The summed E-state index contributed by atoms with van der Waals surface area (Å²) < 4.78 is 13.0. The average Bonchev–Trinajstić information content (AvgIpc) is 3.04. The Hall–Kier alpha value is -1.66. The molecule has 0 spiro atoms. The number of fused-ring (bicyclic) bond motifs is 3. The highest BCUT2D eigenvalue weighted by Gasteiger charge is 2.19. The van der Waals surface area contributed by atoms with E-state index in [9.17, 15) is 4.79 Å². The normalized spacial score (nSPS) is 12.7. The minimum absolute atomic E-state index is 0.346. The Morgan fingerprint density at radius 1 is 1.48 bits per heavy atom. The SMILES string of the molecule is CCOC(=O)C(C)Oc1cc2sc(C)nc2c2sccc12. The molecule has 0 saturated heterocycles. The highest BCUT2D eigenvalue weighted by Crippen LogP contribution is 2.39. The molecule has 3 rings (SSSR count). The number of benzene rings is 1. The van der Waals surface area contributed by atoms with E-state index < -0.39 is 6.10 Å². The van der Waals surface area contributed by atoms with Crippen molar-refractivity contribution < 1.29 is 14.3 Å². The molecule has 0 aliphatic carbocycles. The minimum atomic E-state index is -0.625. The molecule has 3 aromatic rings. The van der Waals surface area contributed by atoms with Crippen molar-refractivity contribution in [2.75, 3.05) is 6.61 Å². The summed E-state index contributed by atoms with van der Waals surface area (Å²) in [5.41, 5.74) is 1.01. The summed E-state index contributed by atoms with van der Waals surface area (Å²) in [6.07, 6.45) is -0.625. The lowest BCUT2D eigenvalue weighted by molar-refractivity contribution is -0.150. The first-order valence-electron chi connectivity index (χ1n) is 6.70. The molecule has 2 aromatic heterocycles. The molecule has 0 aliphatic heterocycles. The summed E-state index contributed by atoms with van der Waals surface area (Å²) >= 11 is 3.27. The van der Waals surface area contributed by atoms with E-state index in [0.717, 1.165) is 25.3 Å². The summed E-state index contributed by atoms with van der Waals surface area (Å²) in [5, 5.41) is 4.03. The third-order valence-electron chi connectivity index (χ3n) is 3.09. The van der Waals surface area contributed by atoms with Gasteiger partial charge in [-0.2, -0.15) is 0 Å². The largest absolute Gasteiger partial charge is 0.478 e. The molecule has 6 heteroatoms. The monoisotopic (exact) mass is 321 g/mol. The molecular formula is C15H15NO3S2. The molecule has 0 aliphatic rings. The van der Waals surface area contributed by atoms with Gasteiger partial charge in [0.05, 0.1) is 26.5 Å². The molecule has 0 radical (unpaired) electrons. The number of carbonyl (C=O) groups excluding carboxylic acids is 1. The van der Waals surface area contributed by atoms with Gasteiger partial charge in [0.25, 0.3) is 0 Å². The van der Waals surface area contributed by atoms with Gasteiger partial charge >= 0.3 is 5.97 Å². The molecule has 1 unspecified atom stereocenters. The fourth-order valence-corrected chi connectivity index (χ4v) is 4.02. The van der Waals surface area contributed by atoms with E-state index in [4.69, 9.17) is 9.47 Å². The Morgan fingerprint density at radius 2 is 2.29 bits per heavy atom. The van der Waals surface area contributed by atoms with Crippen LogP contribution in [0.2, 0.25) is 0 Å². The third kappa shape index (κ3) is 2.61. The van der Waals surface area contributed by atoms with Gasteiger partial charge in [-0.15, -0.1) is 22.7 Å². The maximum Gasteiger partial charge on any atom is 0.347 e. The molecule has 0 saturated carbocycles. The zero-order chi connectivity index (χ0) is 15.0. The van der Waals surface area contributed by atoms with Crippen LogP contribution in [0, 0.1) is 6.92 Å². The number of thiophene rings is 1. The van der Waals surface area contributed by atoms with E-state index in [0.29, 0.717) is 12.4 Å². The first kappa shape index (κ1) is 14.3. The zero-order valence-electron chi connectivity index (χ0n) is 12.0. The quantitative estimate of drug-likeness (QED) is 0.677. The highest BCUT2D eigenvalue weighted by molar-refractivity contribution is 7.21. The summed E-state index contributed by atoms with van der Waals surface area (Å²) in [4.78, 5) is 16.3. The number of esters is 1. The van der Waals surface area contributed by atoms with E-state index in [2.05, 4.69) is 4.98 Å². The molecule has 0 amide bonds. The van der Waals surface area contributed by atoms with Crippen LogP contribution in [0.3, 0.4) is 0 Å². The molecular weight excluding hydrogens is 306 g/mol. The van der Waals surface area contributed by atoms with Gasteiger partial charge in [0.2, 0.25) is 0 Å². The van der Waals surface area contributed by atoms with Crippen molar-refractivity contribution in [2.45, 2.75) is 26.9 Å². The second-order valence-electron chi connectivity index (χ2n) is 4.63. The zero-order valence-corrected chi connectivity index (χ0v) is 13.6. The number of hydrogen-bond donors (Lipinski definition) is 0. The van der Waals surface area contributed by atoms with Crippen molar-refractivity contribution in [1.29, 1.82) is 0 Å². The molecule has 4 nitrogen and oxygen atoms in total. The van der Waals surface area contributed by atoms with E-state index >= 15 is 0 Å². The first-order valence-corrected chi connectivity index (χ1v) is 8.40. The Bertz CT molecular complexity index is 806. The van der Waals surface area contributed by atoms with E-state index in [1.165, 1.54) is 0 Å². The minimum Gasteiger partial charge on any atom is -0.478 e. The lowest BCUT2D eigenvalue weighted by atomic mass is 10.2. The maximum atomic E-state index is 11.7. The molecule has 110 valence electrons. The Kier molecular flexibility index (Phi) is 3.82. The number of rotatable bonds is 4. The van der Waals surface area contributed by atoms with Crippen molar-refractivity contribution in [3.05, 3.63) is 22.5 Å². The van der Waals surface area contributed by atoms with Crippen LogP contribution >= 0.6 is 22.7 Å². The number of aromatic nitrogens is 1. The van der Waals surface area contributed by atoms with E-state index in [1.54, 1.807) is 36.5 Å². The van der Waals surface area contributed by atoms with Crippen LogP contribution in [0.5, 0.6) is 5.75 Å². The lowest BCUT2D eigenvalue weighted by Crippen LogP contribution is -2.26. The second-order valence-corrected chi connectivity index (χ2v) is 6.78. The Labute approximate surface area is 130 Å². The molecule has 0 bridgehead atoms. The van der Waals surface area contributed by atoms with E-state index in [1.807, 2.05) is 24.4 Å². The predicted octanol–water partition coefficient (Wildman–Crippen LogP) is 4.15. The maximum absolute atomic E-state index is 11.7. The molecule has 1 atom stereocenters. The number of thiazole rings is 1. The van der Waals surface area contributed by atoms with Crippen molar-refractivity contribution in [1.82, 2.24) is 4.98 Å². The Morgan fingerprint density at radius 3 is 3.05 bits per heavy atom. The number of aryl methyl sites for hydroxylation is 1. The van der Waals surface area contributed by atoms with E-state index in [-0.39, 0.29) is 5.97 Å². The smallest absolute Gasteiger partial charge is 0.347 e. The molecule has 0 fully saturated rings. The standard InChI is InChI=1S/C15H15NO3S2/c1-4-18-15(17)8(2)19-11-7-12-13(16-9(3)21-12)14-10(11)5-6-20-14/h5-8H,4H2,1-3H3. The van der Waals surface area contributed by atoms with Gasteiger partial charge in [-0.1, -0.05) is 0 Å². The van der Waals surface area contributed by atoms with Gasteiger partial charge in [-0.3, -0.25) is 0 Å². The van der Waals surface area contributed by atoms with Gasteiger partial charge in [0, 0.05) is 11.5 Å². The van der Waals surface area contributed by atoms with Crippen molar-refractivity contribution in [3.8, 4) is 5.75 Å². The molecule has 2 heterocycles. The predicted molar refractivity (Wildman–Crippen MR) is 86.5 cm³/mol. The summed E-state index contributed by atoms with van der Waals surface area (Å²) in [6, 6.07) is 3.96. The molecule has 21 heavy (non-hydrogen) atoms. The van der Waals surface area contributed by atoms with Crippen LogP contribution in [0.25, 0.3) is 20.3 Å². The number of nitrogens with zero attached hydrogens (tertiary/aromatic N) is 1. The summed E-state index contributed by atoms with van der Waals surface area (Å²) in [5.74, 6) is 0.365. The molecule has 0 N–H and O–H groups in total. The summed E-state index contributed by atoms with van der Waals surface area (Å²) in [6.45, 7) is 5.84. The lowest BCUT2D eigenvalue weighted by Gasteiger charge is -2.14. The fourth-order valence-electron chi connectivity index (χ4n) is 2.18. The van der Waals surface area contributed by atoms with Gasteiger partial charge in [-0.25, -0.2) is 9.78 Å². The van der Waals surface area contributed by atoms with Crippen LogP contribution in [0.4, 0.5) is 0 Å². The number of carbonyl (C=O) groups is 1. The van der Waals surface area contributed by atoms with Crippen LogP contribution in [0.1, 0.15) is 18.9 Å². The molecule has 1 aromatic carbocycles. The van der Waals surface area contributed by atoms with Gasteiger partial charge in [-0.05, 0) is 32.2 Å². The fraction of sp³-hybridized carbons (Fsp3) is 0.333. The van der Waals surface area contributed by atoms with Crippen LogP contribution in [-0.2, 0) is 9.53 Å².